The summed E-state index contributed by atoms with van der Waals surface area (Å²) in [5, 5.41) is 16.1. The maximum atomic E-state index is 9.10. The minimum Gasteiger partial charge on any atom is -0.488 e. The fraction of sp³-hybridized carbons (Fsp3) is 0.556. The van der Waals surface area contributed by atoms with Gasteiger partial charge in [0.1, 0.15) is 6.61 Å². The van der Waals surface area contributed by atoms with Gasteiger partial charge in [-0.05, 0) is 44.0 Å². The molecule has 2 rings (SSSR count). The molecule has 0 amide bonds. The quantitative estimate of drug-likeness (QED) is 0.474. The fourth-order valence-corrected chi connectivity index (χ4v) is 3.38. The van der Waals surface area contributed by atoms with Gasteiger partial charge in [-0.2, -0.15) is 0 Å². The number of ether oxygens (including phenoxy) is 2. The molecule has 7 nitrogen and oxygen atoms in total. The van der Waals surface area contributed by atoms with Crippen molar-refractivity contribution in [2.24, 2.45) is 5.92 Å². The van der Waals surface area contributed by atoms with Crippen molar-refractivity contribution in [3.63, 3.8) is 0 Å². The number of hydrogen-bond donors (Lipinski definition) is 2. The number of carbonyl (C=O) groups is 2. The van der Waals surface area contributed by atoms with Crippen molar-refractivity contribution in [1.29, 1.82) is 0 Å². The average Bonchev–Trinajstić information content (AvgIpc) is 2.61. The fourth-order valence-electron chi connectivity index (χ4n) is 2.45. The first kappa shape index (κ1) is 24.8. The first-order valence-corrected chi connectivity index (χ1v) is 9.87. The van der Waals surface area contributed by atoms with Gasteiger partial charge in [-0.25, -0.2) is 9.59 Å². The lowest BCUT2D eigenvalue weighted by molar-refractivity contribution is -0.159. The Morgan fingerprint density at radius 1 is 1.04 bits per heavy atom. The predicted molar refractivity (Wildman–Crippen MR) is 108 cm³/mol. The highest BCUT2D eigenvalue weighted by molar-refractivity contribution is 6.40. The first-order valence-electron chi connectivity index (χ1n) is 8.74. The molecule has 158 valence electrons. The van der Waals surface area contributed by atoms with Gasteiger partial charge in [-0.3, -0.25) is 0 Å². The molecular weight excluding hydrogens is 433 g/mol. The Morgan fingerprint density at radius 2 is 1.57 bits per heavy atom. The molecule has 1 aromatic rings. The van der Waals surface area contributed by atoms with Crippen LogP contribution in [0.5, 0.6) is 5.75 Å². The molecule has 1 aliphatic heterocycles. The molecule has 0 aliphatic carbocycles. The zero-order chi connectivity index (χ0) is 21.1. The zero-order valence-electron chi connectivity index (χ0n) is 15.5. The second kappa shape index (κ2) is 13.1. The maximum Gasteiger partial charge on any atom is 0.414 e. The Labute approximate surface area is 179 Å². The van der Waals surface area contributed by atoms with E-state index in [4.69, 9.17) is 64.1 Å². The Hall–Kier alpha value is -1.25. The van der Waals surface area contributed by atoms with Crippen molar-refractivity contribution < 1.29 is 29.3 Å². The highest BCUT2D eigenvalue weighted by Crippen LogP contribution is 2.35. The minimum absolute atomic E-state index is 0.415. The standard InChI is InChI=1S/C16H22Cl3NO2.C2H2O4/c1-12-2-4-20(5-3-12)6-7-21-8-9-22-16-14(18)10-13(17)11-15(16)19;3-1(4)2(5)6/h10-12H,2-9H2,1H3;(H,3,4)(H,5,6). The van der Waals surface area contributed by atoms with Crippen LogP contribution in [0.3, 0.4) is 0 Å². The van der Waals surface area contributed by atoms with Crippen LogP contribution < -0.4 is 4.74 Å². The molecule has 1 fully saturated rings. The number of halogens is 3. The van der Waals surface area contributed by atoms with Gasteiger partial charge in [-0.15, -0.1) is 0 Å². The molecule has 0 aromatic heterocycles. The van der Waals surface area contributed by atoms with E-state index in [1.807, 2.05) is 0 Å². The van der Waals surface area contributed by atoms with Crippen molar-refractivity contribution in [3.05, 3.63) is 27.2 Å². The summed E-state index contributed by atoms with van der Waals surface area (Å²) in [5.74, 6) is -2.33. The lowest BCUT2D eigenvalue weighted by Crippen LogP contribution is -2.35. The van der Waals surface area contributed by atoms with E-state index in [2.05, 4.69) is 11.8 Å². The SMILES string of the molecule is CC1CCN(CCOCCOc2c(Cl)cc(Cl)cc2Cl)CC1.O=C(O)C(=O)O. The number of rotatable bonds is 7. The highest BCUT2D eigenvalue weighted by Gasteiger charge is 2.15. The normalized spacial score (nSPS) is 14.9. The number of nitrogens with zero attached hydrogens (tertiary/aromatic N) is 1. The number of carboxylic acids is 2. The third-order valence-corrected chi connectivity index (χ3v) is 4.83. The molecule has 10 heteroatoms. The topological polar surface area (TPSA) is 96.3 Å². The second-order valence-corrected chi connectivity index (χ2v) is 7.54. The van der Waals surface area contributed by atoms with Gasteiger partial charge in [0.15, 0.2) is 5.75 Å². The predicted octanol–water partition coefficient (Wildman–Crippen LogP) is 3.93. The Balaban J connectivity index is 0.000000568. The number of likely N-dealkylation sites (tertiary alicyclic amines) is 1. The molecule has 0 bridgehead atoms. The van der Waals surface area contributed by atoms with Crippen LogP contribution in [0.2, 0.25) is 15.1 Å². The number of piperidine rings is 1. The minimum atomic E-state index is -1.82. The molecule has 1 saturated heterocycles. The van der Waals surface area contributed by atoms with Crippen LogP contribution >= 0.6 is 34.8 Å². The second-order valence-electron chi connectivity index (χ2n) is 6.29. The number of benzene rings is 1. The number of hydrogen-bond acceptors (Lipinski definition) is 5. The molecule has 28 heavy (non-hydrogen) atoms. The molecular formula is C18H24Cl3NO6. The van der Waals surface area contributed by atoms with Crippen LogP contribution in [0.1, 0.15) is 19.8 Å². The van der Waals surface area contributed by atoms with Crippen LogP contribution in [-0.2, 0) is 14.3 Å². The lowest BCUT2D eigenvalue weighted by atomic mass is 9.99. The summed E-state index contributed by atoms with van der Waals surface area (Å²) in [6.07, 6.45) is 2.58. The van der Waals surface area contributed by atoms with Crippen LogP contribution in [0.4, 0.5) is 0 Å². The van der Waals surface area contributed by atoms with Gasteiger partial charge in [0, 0.05) is 11.6 Å². The largest absolute Gasteiger partial charge is 0.488 e. The zero-order valence-corrected chi connectivity index (χ0v) is 17.8. The van der Waals surface area contributed by atoms with Gasteiger partial charge in [0.25, 0.3) is 0 Å². The van der Waals surface area contributed by atoms with Crippen LogP contribution in [-0.4, -0.2) is 66.5 Å². The van der Waals surface area contributed by atoms with Crippen molar-refractivity contribution >= 4 is 46.7 Å². The van der Waals surface area contributed by atoms with Crippen molar-refractivity contribution in [3.8, 4) is 5.75 Å². The van der Waals surface area contributed by atoms with Crippen LogP contribution in [0.25, 0.3) is 0 Å². The summed E-state index contributed by atoms with van der Waals surface area (Å²) in [6.45, 7) is 7.30. The Morgan fingerprint density at radius 3 is 2.07 bits per heavy atom. The summed E-state index contributed by atoms with van der Waals surface area (Å²) in [5.41, 5.74) is 0. The van der Waals surface area contributed by atoms with Crippen molar-refractivity contribution in [2.45, 2.75) is 19.8 Å². The van der Waals surface area contributed by atoms with Crippen LogP contribution in [0.15, 0.2) is 12.1 Å². The molecule has 0 radical (unpaired) electrons. The van der Waals surface area contributed by atoms with Gasteiger partial charge in [0.2, 0.25) is 0 Å². The van der Waals surface area contributed by atoms with Crippen LogP contribution in [0, 0.1) is 5.92 Å². The van der Waals surface area contributed by atoms with Crippen molar-refractivity contribution in [2.75, 3.05) is 39.5 Å². The van der Waals surface area contributed by atoms with E-state index < -0.39 is 11.9 Å². The summed E-state index contributed by atoms with van der Waals surface area (Å²) < 4.78 is 11.2. The monoisotopic (exact) mass is 455 g/mol. The molecule has 0 saturated carbocycles. The molecule has 1 aromatic carbocycles. The smallest absolute Gasteiger partial charge is 0.414 e. The Kier molecular flexibility index (Phi) is 11.6. The van der Waals surface area contributed by atoms with Gasteiger partial charge in [0.05, 0.1) is 23.3 Å². The lowest BCUT2D eigenvalue weighted by Gasteiger charge is -2.29. The molecule has 0 spiro atoms. The van der Waals surface area contributed by atoms with Crippen molar-refractivity contribution in [1.82, 2.24) is 4.90 Å². The van der Waals surface area contributed by atoms with Gasteiger partial charge < -0.3 is 24.6 Å². The maximum absolute atomic E-state index is 9.10. The molecule has 1 heterocycles. The summed E-state index contributed by atoms with van der Waals surface area (Å²) >= 11 is 17.9. The molecule has 0 atom stereocenters. The first-order chi connectivity index (χ1) is 13.2. The third kappa shape index (κ3) is 9.80. The van der Waals surface area contributed by atoms with Gasteiger partial charge >= 0.3 is 11.9 Å². The summed E-state index contributed by atoms with van der Waals surface area (Å²) in [4.78, 5) is 20.7. The Bertz CT molecular complexity index is 615. The third-order valence-electron chi connectivity index (χ3n) is 4.05. The molecule has 2 N–H and O–H groups in total. The number of carboxylic acid groups (broad SMARTS) is 2. The van der Waals surface area contributed by atoms with Gasteiger partial charge in [-0.1, -0.05) is 41.7 Å². The summed E-state index contributed by atoms with van der Waals surface area (Å²) in [6, 6.07) is 3.23. The molecule has 0 unspecified atom stereocenters. The average molecular weight is 457 g/mol. The van der Waals surface area contributed by atoms with E-state index in [-0.39, 0.29) is 0 Å². The number of aliphatic carboxylic acids is 2. The van der Waals surface area contributed by atoms with E-state index >= 15 is 0 Å². The van der Waals surface area contributed by atoms with E-state index in [0.717, 1.165) is 19.1 Å². The van der Waals surface area contributed by atoms with E-state index in [1.54, 1.807) is 12.1 Å². The molecule has 1 aliphatic rings. The van der Waals surface area contributed by atoms with E-state index in [0.29, 0.717) is 34.0 Å². The van der Waals surface area contributed by atoms with E-state index in [9.17, 15) is 0 Å². The van der Waals surface area contributed by atoms with E-state index in [1.165, 1.54) is 25.9 Å². The highest BCUT2D eigenvalue weighted by atomic mass is 35.5. The summed E-state index contributed by atoms with van der Waals surface area (Å²) in [7, 11) is 0.